The fraction of sp³-hybridized carbons (Fsp3) is 0.889. The number of carbonyl (C=O) groups is 1. The topological polar surface area (TPSA) is 46.3 Å². The fourth-order valence-corrected chi connectivity index (χ4v) is 1.07. The van der Waals surface area contributed by atoms with Gasteiger partial charge >= 0.3 is 6.18 Å². The number of amides is 1. The van der Waals surface area contributed by atoms with Crippen molar-refractivity contribution in [3.63, 3.8) is 0 Å². The Morgan fingerprint density at radius 2 is 1.87 bits per heavy atom. The molecule has 0 heterocycles. The molecule has 1 amide bonds. The summed E-state index contributed by atoms with van der Waals surface area (Å²) in [7, 11) is 0. The molecule has 0 aromatic rings. The van der Waals surface area contributed by atoms with E-state index in [1.54, 1.807) is 6.92 Å². The van der Waals surface area contributed by atoms with E-state index in [-0.39, 0.29) is 6.54 Å². The van der Waals surface area contributed by atoms with Crippen LogP contribution in [0.15, 0.2) is 0 Å². The molecule has 0 rings (SSSR count). The third kappa shape index (κ3) is 5.01. The van der Waals surface area contributed by atoms with Crippen LogP contribution >= 0.6 is 0 Å². The van der Waals surface area contributed by atoms with Crippen molar-refractivity contribution in [3.05, 3.63) is 0 Å². The van der Waals surface area contributed by atoms with Gasteiger partial charge in [-0.05, 0) is 13.8 Å². The molecule has 2 unspecified atom stereocenters. The van der Waals surface area contributed by atoms with Gasteiger partial charge in [0.05, 0.1) is 5.92 Å². The van der Waals surface area contributed by atoms with Crippen LogP contribution in [0.3, 0.4) is 0 Å². The maximum atomic E-state index is 12.1. The smallest absolute Gasteiger partial charge is 0.334 e. The Bertz CT molecular complexity index is 216. The first-order valence-electron chi connectivity index (χ1n) is 4.80. The maximum absolute atomic E-state index is 12.1. The lowest BCUT2D eigenvalue weighted by Gasteiger charge is -2.26. The minimum absolute atomic E-state index is 0.0371. The van der Waals surface area contributed by atoms with Gasteiger partial charge in [-0.15, -0.1) is 0 Å². The molecule has 0 saturated carbocycles. The summed E-state index contributed by atoms with van der Waals surface area (Å²) in [5, 5.41) is 0. The molecule has 0 radical (unpaired) electrons. The number of halogens is 3. The van der Waals surface area contributed by atoms with Gasteiger partial charge in [-0.3, -0.25) is 4.79 Å². The van der Waals surface area contributed by atoms with E-state index in [0.717, 1.165) is 4.90 Å². The van der Waals surface area contributed by atoms with Crippen molar-refractivity contribution in [3.8, 4) is 0 Å². The van der Waals surface area contributed by atoms with Gasteiger partial charge in [0, 0.05) is 12.6 Å². The Kier molecular flexibility index (Phi) is 5.07. The highest BCUT2D eigenvalue weighted by Crippen LogP contribution is 2.18. The Balaban J connectivity index is 4.48. The van der Waals surface area contributed by atoms with Crippen LogP contribution in [0.25, 0.3) is 0 Å². The van der Waals surface area contributed by atoms with Crippen LogP contribution < -0.4 is 5.73 Å². The first-order valence-corrected chi connectivity index (χ1v) is 4.80. The molecule has 0 aliphatic rings. The summed E-state index contributed by atoms with van der Waals surface area (Å²) >= 11 is 0. The second-order valence-electron chi connectivity index (χ2n) is 3.62. The predicted octanol–water partition coefficient (Wildman–Crippen LogP) is 1.38. The Hall–Kier alpha value is -0.780. The van der Waals surface area contributed by atoms with Gasteiger partial charge in [-0.2, -0.15) is 13.2 Å². The first kappa shape index (κ1) is 14.2. The maximum Gasteiger partial charge on any atom is 0.406 e. The standard InChI is InChI=1S/C9H17F3N2O/c1-4-14(5-9(10,11)12)8(15)6(2)7(3)13/h6-7H,4-5,13H2,1-3H3. The van der Waals surface area contributed by atoms with Crippen LogP contribution in [0.5, 0.6) is 0 Å². The van der Waals surface area contributed by atoms with E-state index in [1.165, 1.54) is 13.8 Å². The first-order chi connectivity index (χ1) is 6.69. The number of hydrogen-bond acceptors (Lipinski definition) is 2. The molecular formula is C9H17F3N2O. The third-order valence-electron chi connectivity index (χ3n) is 2.24. The minimum atomic E-state index is -4.36. The van der Waals surface area contributed by atoms with Crippen LogP contribution in [0.1, 0.15) is 20.8 Å². The van der Waals surface area contributed by atoms with Crippen molar-refractivity contribution in [2.45, 2.75) is 33.0 Å². The predicted molar refractivity (Wildman–Crippen MR) is 51.1 cm³/mol. The number of nitrogens with two attached hydrogens (primary N) is 1. The highest BCUT2D eigenvalue weighted by molar-refractivity contribution is 5.79. The average molecular weight is 226 g/mol. The van der Waals surface area contributed by atoms with E-state index in [9.17, 15) is 18.0 Å². The third-order valence-corrected chi connectivity index (χ3v) is 2.24. The zero-order valence-electron chi connectivity index (χ0n) is 9.14. The van der Waals surface area contributed by atoms with E-state index in [1.807, 2.05) is 0 Å². The highest BCUT2D eigenvalue weighted by atomic mass is 19.4. The summed E-state index contributed by atoms with van der Waals surface area (Å²) in [4.78, 5) is 12.3. The highest BCUT2D eigenvalue weighted by Gasteiger charge is 2.34. The summed E-state index contributed by atoms with van der Waals surface area (Å²) < 4.78 is 36.3. The van der Waals surface area contributed by atoms with Gasteiger partial charge in [-0.25, -0.2) is 0 Å². The molecule has 2 atom stereocenters. The number of nitrogens with zero attached hydrogens (tertiary/aromatic N) is 1. The van der Waals surface area contributed by atoms with E-state index < -0.39 is 30.6 Å². The van der Waals surface area contributed by atoms with E-state index in [4.69, 9.17) is 5.73 Å². The Morgan fingerprint density at radius 3 is 2.13 bits per heavy atom. The van der Waals surface area contributed by atoms with Crippen LogP contribution in [-0.2, 0) is 4.79 Å². The quantitative estimate of drug-likeness (QED) is 0.787. The van der Waals surface area contributed by atoms with Crippen molar-refractivity contribution < 1.29 is 18.0 Å². The normalized spacial score (nSPS) is 15.9. The molecule has 90 valence electrons. The molecule has 0 aromatic carbocycles. The molecule has 0 saturated heterocycles. The molecule has 0 aliphatic heterocycles. The fourth-order valence-electron chi connectivity index (χ4n) is 1.07. The van der Waals surface area contributed by atoms with Gasteiger partial charge in [0.1, 0.15) is 6.54 Å². The molecule has 0 bridgehead atoms. The molecule has 0 aliphatic carbocycles. The lowest BCUT2D eigenvalue weighted by Crippen LogP contribution is -2.45. The van der Waals surface area contributed by atoms with Crippen LogP contribution in [-0.4, -0.2) is 36.1 Å². The number of rotatable bonds is 4. The Morgan fingerprint density at radius 1 is 1.40 bits per heavy atom. The van der Waals surface area contributed by atoms with Crippen molar-refractivity contribution in [2.24, 2.45) is 11.7 Å². The van der Waals surface area contributed by atoms with Gasteiger partial charge in [0.15, 0.2) is 0 Å². The lowest BCUT2D eigenvalue weighted by molar-refractivity contribution is -0.163. The molecule has 0 spiro atoms. The van der Waals surface area contributed by atoms with Crippen LogP contribution in [0, 0.1) is 5.92 Å². The van der Waals surface area contributed by atoms with E-state index in [0.29, 0.717) is 0 Å². The summed E-state index contributed by atoms with van der Waals surface area (Å²) in [6.07, 6.45) is -4.36. The zero-order chi connectivity index (χ0) is 12.2. The second-order valence-corrected chi connectivity index (χ2v) is 3.62. The molecule has 3 nitrogen and oxygen atoms in total. The number of carbonyl (C=O) groups excluding carboxylic acids is 1. The number of alkyl halides is 3. The van der Waals surface area contributed by atoms with Crippen LogP contribution in [0.2, 0.25) is 0 Å². The largest absolute Gasteiger partial charge is 0.406 e. The van der Waals surface area contributed by atoms with Crippen molar-refractivity contribution in [2.75, 3.05) is 13.1 Å². The van der Waals surface area contributed by atoms with Gasteiger partial charge in [0.25, 0.3) is 0 Å². The molecular weight excluding hydrogens is 209 g/mol. The molecule has 2 N–H and O–H groups in total. The SMILES string of the molecule is CCN(CC(F)(F)F)C(=O)C(C)C(C)N. The van der Waals surface area contributed by atoms with Crippen molar-refractivity contribution in [1.29, 1.82) is 0 Å². The number of hydrogen-bond donors (Lipinski definition) is 1. The van der Waals surface area contributed by atoms with Gasteiger partial charge in [-0.1, -0.05) is 6.92 Å². The summed E-state index contributed by atoms with van der Waals surface area (Å²) in [6, 6.07) is -0.445. The molecule has 0 fully saturated rings. The minimum Gasteiger partial charge on any atom is -0.334 e. The summed E-state index contributed by atoms with van der Waals surface area (Å²) in [5.74, 6) is -1.14. The Labute approximate surface area is 87.4 Å². The second kappa shape index (κ2) is 5.34. The van der Waals surface area contributed by atoms with Gasteiger partial charge < -0.3 is 10.6 Å². The monoisotopic (exact) mass is 226 g/mol. The van der Waals surface area contributed by atoms with Gasteiger partial charge in [0.2, 0.25) is 5.91 Å². The van der Waals surface area contributed by atoms with Crippen LogP contribution in [0.4, 0.5) is 13.2 Å². The summed E-state index contributed by atoms with van der Waals surface area (Å²) in [6.45, 7) is 3.47. The van der Waals surface area contributed by atoms with Crippen molar-refractivity contribution in [1.82, 2.24) is 4.90 Å². The molecule has 0 aromatic heterocycles. The molecule has 15 heavy (non-hydrogen) atoms. The van der Waals surface area contributed by atoms with Crippen molar-refractivity contribution >= 4 is 5.91 Å². The summed E-state index contributed by atoms with van der Waals surface area (Å²) in [5.41, 5.74) is 5.46. The lowest BCUT2D eigenvalue weighted by atomic mass is 10.0. The zero-order valence-corrected chi connectivity index (χ0v) is 9.14. The van der Waals surface area contributed by atoms with E-state index >= 15 is 0 Å². The van der Waals surface area contributed by atoms with E-state index in [2.05, 4.69) is 0 Å². The average Bonchev–Trinajstić information content (AvgIpc) is 2.10. The molecule has 6 heteroatoms.